The highest BCUT2D eigenvalue weighted by atomic mass is 32.2. The molecule has 2 aromatic heterocycles. The van der Waals surface area contributed by atoms with Crippen molar-refractivity contribution in [3.63, 3.8) is 0 Å². The molecule has 1 N–H and O–H groups in total. The fraction of sp³-hybridized carbons (Fsp3) is 0.600. The SMILES string of the molecule is CNCC1CCCN(S(=O)(=O)c2cnc3c(c2)c(C)nn3C)C1. The van der Waals surface area contributed by atoms with Gasteiger partial charge >= 0.3 is 0 Å². The molecule has 3 heterocycles. The van der Waals surface area contributed by atoms with Crippen LogP contribution in [0.25, 0.3) is 11.0 Å². The van der Waals surface area contributed by atoms with E-state index in [1.807, 2.05) is 21.0 Å². The molecule has 2 aromatic rings. The molecule has 1 fully saturated rings. The molecule has 0 radical (unpaired) electrons. The molecule has 1 unspecified atom stereocenters. The average Bonchev–Trinajstić information content (AvgIpc) is 2.82. The van der Waals surface area contributed by atoms with E-state index in [1.54, 1.807) is 15.1 Å². The second-order valence-electron chi connectivity index (χ2n) is 6.18. The standard InChI is InChI=1S/C15H23N5O2S/c1-11-14-7-13(9-17-15(14)19(3)18-11)23(21,22)20-6-4-5-12(10-20)8-16-2/h7,9,12,16H,4-6,8,10H2,1-3H3. The Kier molecular flexibility index (Phi) is 4.39. The third kappa shape index (κ3) is 2.98. The van der Waals surface area contributed by atoms with E-state index >= 15 is 0 Å². The number of aryl methyl sites for hydroxylation is 2. The van der Waals surface area contributed by atoms with Crippen LogP contribution >= 0.6 is 0 Å². The summed E-state index contributed by atoms with van der Waals surface area (Å²) >= 11 is 0. The third-order valence-electron chi connectivity index (χ3n) is 4.45. The van der Waals surface area contributed by atoms with Crippen LogP contribution < -0.4 is 5.32 Å². The molecule has 1 aliphatic rings. The molecule has 23 heavy (non-hydrogen) atoms. The Morgan fingerprint density at radius 2 is 2.22 bits per heavy atom. The number of pyridine rings is 1. The number of hydrogen-bond donors (Lipinski definition) is 1. The first-order valence-electron chi connectivity index (χ1n) is 7.87. The number of piperidine rings is 1. The summed E-state index contributed by atoms with van der Waals surface area (Å²) in [7, 11) is 0.202. The number of aromatic nitrogens is 3. The van der Waals surface area contributed by atoms with E-state index in [9.17, 15) is 8.42 Å². The molecule has 0 aromatic carbocycles. The van der Waals surface area contributed by atoms with Crippen molar-refractivity contribution in [2.45, 2.75) is 24.7 Å². The number of sulfonamides is 1. The third-order valence-corrected chi connectivity index (χ3v) is 6.28. The summed E-state index contributed by atoms with van der Waals surface area (Å²) in [6.45, 7) is 3.84. The predicted octanol–water partition coefficient (Wildman–Crippen LogP) is 0.897. The zero-order chi connectivity index (χ0) is 16.6. The average molecular weight is 337 g/mol. The number of hydrogen-bond acceptors (Lipinski definition) is 5. The van der Waals surface area contributed by atoms with E-state index in [2.05, 4.69) is 15.4 Å². The minimum Gasteiger partial charge on any atom is -0.319 e. The van der Waals surface area contributed by atoms with Crippen molar-refractivity contribution in [1.29, 1.82) is 0 Å². The summed E-state index contributed by atoms with van der Waals surface area (Å²) in [4.78, 5) is 4.56. The number of rotatable bonds is 4. The van der Waals surface area contributed by atoms with Crippen LogP contribution in [0.15, 0.2) is 17.2 Å². The van der Waals surface area contributed by atoms with Gasteiger partial charge in [0.1, 0.15) is 4.90 Å². The van der Waals surface area contributed by atoms with Gasteiger partial charge in [-0.25, -0.2) is 13.4 Å². The van der Waals surface area contributed by atoms with E-state index in [1.165, 1.54) is 6.20 Å². The molecular formula is C15H23N5O2S. The molecule has 1 aliphatic heterocycles. The van der Waals surface area contributed by atoms with Crippen LogP contribution in [0.2, 0.25) is 0 Å². The van der Waals surface area contributed by atoms with Crippen molar-refractivity contribution in [2.75, 3.05) is 26.7 Å². The van der Waals surface area contributed by atoms with E-state index in [-0.39, 0.29) is 4.90 Å². The highest BCUT2D eigenvalue weighted by Crippen LogP contribution is 2.25. The lowest BCUT2D eigenvalue weighted by atomic mass is 10.00. The van der Waals surface area contributed by atoms with Gasteiger partial charge in [-0.2, -0.15) is 9.40 Å². The van der Waals surface area contributed by atoms with Crippen LogP contribution in [0, 0.1) is 12.8 Å². The van der Waals surface area contributed by atoms with Gasteiger partial charge in [-0.05, 0) is 45.3 Å². The van der Waals surface area contributed by atoms with Crippen molar-refractivity contribution in [1.82, 2.24) is 24.4 Å². The summed E-state index contributed by atoms with van der Waals surface area (Å²) in [6.07, 6.45) is 3.40. The molecule has 0 spiro atoms. The zero-order valence-corrected chi connectivity index (χ0v) is 14.6. The van der Waals surface area contributed by atoms with Crippen molar-refractivity contribution in [2.24, 2.45) is 13.0 Å². The van der Waals surface area contributed by atoms with Gasteiger partial charge in [0.2, 0.25) is 10.0 Å². The van der Waals surface area contributed by atoms with Crippen LogP contribution in [-0.2, 0) is 17.1 Å². The van der Waals surface area contributed by atoms with E-state index in [4.69, 9.17) is 0 Å². The lowest BCUT2D eigenvalue weighted by molar-refractivity contribution is 0.263. The van der Waals surface area contributed by atoms with Gasteiger partial charge < -0.3 is 5.32 Å². The van der Waals surface area contributed by atoms with Crippen molar-refractivity contribution < 1.29 is 8.42 Å². The molecule has 7 nitrogen and oxygen atoms in total. The molecule has 3 rings (SSSR count). The molecule has 0 saturated carbocycles. The summed E-state index contributed by atoms with van der Waals surface area (Å²) in [5.41, 5.74) is 1.49. The molecule has 1 saturated heterocycles. The quantitative estimate of drug-likeness (QED) is 0.896. The normalized spacial score (nSPS) is 20.2. The van der Waals surface area contributed by atoms with Crippen LogP contribution in [0.5, 0.6) is 0 Å². The van der Waals surface area contributed by atoms with Gasteiger partial charge in [0, 0.05) is 31.7 Å². The maximum absolute atomic E-state index is 12.9. The van der Waals surface area contributed by atoms with Crippen molar-refractivity contribution in [3.8, 4) is 0 Å². The topological polar surface area (TPSA) is 80.1 Å². The molecule has 0 aliphatic carbocycles. The molecular weight excluding hydrogens is 314 g/mol. The fourth-order valence-corrected chi connectivity index (χ4v) is 4.81. The van der Waals surface area contributed by atoms with Crippen molar-refractivity contribution in [3.05, 3.63) is 18.0 Å². The molecule has 126 valence electrons. The van der Waals surface area contributed by atoms with Crippen LogP contribution in [0.4, 0.5) is 0 Å². The minimum atomic E-state index is -3.51. The Bertz CT molecular complexity index is 813. The summed E-state index contributed by atoms with van der Waals surface area (Å²) in [5.74, 6) is 0.361. The van der Waals surface area contributed by atoms with E-state index in [0.717, 1.165) is 30.5 Å². The Morgan fingerprint density at radius 1 is 1.43 bits per heavy atom. The zero-order valence-electron chi connectivity index (χ0n) is 13.8. The van der Waals surface area contributed by atoms with Crippen LogP contribution in [-0.4, -0.2) is 54.2 Å². The number of nitrogens with zero attached hydrogens (tertiary/aromatic N) is 4. The maximum atomic E-state index is 12.9. The largest absolute Gasteiger partial charge is 0.319 e. The Balaban J connectivity index is 1.94. The number of nitrogens with one attached hydrogen (secondary N) is 1. The Morgan fingerprint density at radius 3 is 2.96 bits per heavy atom. The molecule has 1 atom stereocenters. The first-order chi connectivity index (χ1) is 10.9. The lowest BCUT2D eigenvalue weighted by Crippen LogP contribution is -2.42. The molecule has 0 bridgehead atoms. The highest BCUT2D eigenvalue weighted by Gasteiger charge is 2.30. The van der Waals surface area contributed by atoms with Gasteiger partial charge in [0.25, 0.3) is 0 Å². The second-order valence-corrected chi connectivity index (χ2v) is 8.12. The smallest absolute Gasteiger partial charge is 0.244 e. The van der Waals surface area contributed by atoms with Crippen molar-refractivity contribution >= 4 is 21.1 Å². The highest BCUT2D eigenvalue weighted by molar-refractivity contribution is 7.89. The summed E-state index contributed by atoms with van der Waals surface area (Å²) in [6, 6.07) is 1.70. The van der Waals surface area contributed by atoms with Gasteiger partial charge in [0.15, 0.2) is 5.65 Å². The van der Waals surface area contributed by atoms with E-state index < -0.39 is 10.0 Å². The van der Waals surface area contributed by atoms with Crippen LogP contribution in [0.1, 0.15) is 18.5 Å². The van der Waals surface area contributed by atoms with Gasteiger partial charge in [0.05, 0.1) is 5.69 Å². The first-order valence-corrected chi connectivity index (χ1v) is 9.31. The second kappa shape index (κ2) is 6.18. The van der Waals surface area contributed by atoms with Gasteiger partial charge in [-0.1, -0.05) is 0 Å². The Hall–Kier alpha value is -1.51. The monoisotopic (exact) mass is 337 g/mol. The fourth-order valence-electron chi connectivity index (χ4n) is 3.28. The lowest BCUT2D eigenvalue weighted by Gasteiger charge is -2.31. The number of fused-ring (bicyclic) bond motifs is 1. The minimum absolute atomic E-state index is 0.256. The van der Waals surface area contributed by atoms with Crippen LogP contribution in [0.3, 0.4) is 0 Å². The van der Waals surface area contributed by atoms with E-state index in [0.29, 0.717) is 24.7 Å². The first kappa shape index (κ1) is 16.4. The maximum Gasteiger partial charge on any atom is 0.244 e. The molecule has 0 amide bonds. The summed E-state index contributed by atoms with van der Waals surface area (Å²) < 4.78 is 29.1. The molecule has 8 heteroatoms. The van der Waals surface area contributed by atoms with Gasteiger partial charge in [-0.3, -0.25) is 4.68 Å². The predicted molar refractivity (Wildman–Crippen MR) is 88.7 cm³/mol. The Labute approximate surface area is 136 Å². The summed E-state index contributed by atoms with van der Waals surface area (Å²) in [5, 5.41) is 8.23. The van der Waals surface area contributed by atoms with Gasteiger partial charge in [-0.15, -0.1) is 0 Å².